The minimum Gasteiger partial charge on any atom is -0.329 e. The predicted molar refractivity (Wildman–Crippen MR) is 66.5 cm³/mol. The molecule has 4 nitrogen and oxygen atoms in total. The molecule has 1 aromatic heterocycles. The second kappa shape index (κ2) is 5.02. The Balaban J connectivity index is 2.37. The Morgan fingerprint density at radius 2 is 2.00 bits per heavy atom. The summed E-state index contributed by atoms with van der Waals surface area (Å²) in [7, 11) is 0. The Morgan fingerprint density at radius 3 is 2.50 bits per heavy atom. The van der Waals surface area contributed by atoms with Crippen molar-refractivity contribution >= 4 is 0 Å². The van der Waals surface area contributed by atoms with E-state index in [0.717, 1.165) is 12.8 Å². The number of rotatable bonds is 2. The van der Waals surface area contributed by atoms with Gasteiger partial charge in [0.25, 0.3) is 0 Å². The number of nitrogens with zero attached hydrogens (tertiary/aromatic N) is 2. The van der Waals surface area contributed by atoms with Crippen LogP contribution in [0.15, 0.2) is 4.52 Å². The van der Waals surface area contributed by atoms with Crippen LogP contribution in [0.5, 0.6) is 0 Å². The molecule has 1 fully saturated rings. The quantitative estimate of drug-likeness (QED) is 0.907. The van der Waals surface area contributed by atoms with E-state index < -0.39 is 17.6 Å². The summed E-state index contributed by atoms with van der Waals surface area (Å²) in [4.78, 5) is 3.52. The van der Waals surface area contributed by atoms with Crippen molar-refractivity contribution in [1.82, 2.24) is 10.1 Å². The van der Waals surface area contributed by atoms with E-state index in [0.29, 0.717) is 12.3 Å². The number of aromatic nitrogens is 2. The fourth-order valence-corrected chi connectivity index (χ4v) is 3.26. The van der Waals surface area contributed by atoms with Crippen LogP contribution in [0.4, 0.5) is 13.2 Å². The van der Waals surface area contributed by atoms with Gasteiger partial charge >= 0.3 is 12.1 Å². The van der Waals surface area contributed by atoms with E-state index in [1.54, 1.807) is 0 Å². The summed E-state index contributed by atoms with van der Waals surface area (Å²) in [6.07, 6.45) is -2.17. The molecule has 0 aromatic carbocycles. The third kappa shape index (κ3) is 2.68. The van der Waals surface area contributed by atoms with Crippen molar-refractivity contribution in [3.63, 3.8) is 0 Å². The normalized spacial score (nSPS) is 31.8. The number of hydrogen-bond acceptors (Lipinski definition) is 4. The maximum absolute atomic E-state index is 12.6. The molecule has 1 aliphatic rings. The zero-order chi connectivity index (χ0) is 15.1. The van der Waals surface area contributed by atoms with E-state index in [-0.39, 0.29) is 17.7 Å². The maximum Gasteiger partial charge on any atom is 0.471 e. The Bertz CT molecular complexity index is 472. The van der Waals surface area contributed by atoms with Crippen molar-refractivity contribution in [2.45, 2.75) is 51.7 Å². The smallest absolute Gasteiger partial charge is 0.329 e. The highest BCUT2D eigenvalue weighted by atomic mass is 19.4. The predicted octanol–water partition coefficient (Wildman–Crippen LogP) is 3.33. The topological polar surface area (TPSA) is 64.9 Å². The molecule has 2 rings (SSSR count). The Labute approximate surface area is 115 Å². The molecule has 0 bridgehead atoms. The van der Waals surface area contributed by atoms with E-state index in [2.05, 4.69) is 14.7 Å². The van der Waals surface area contributed by atoms with Crippen LogP contribution in [0.1, 0.15) is 51.7 Å². The highest BCUT2D eigenvalue weighted by Gasteiger charge is 2.48. The monoisotopic (exact) mass is 291 g/mol. The Morgan fingerprint density at radius 1 is 1.35 bits per heavy atom. The summed E-state index contributed by atoms with van der Waals surface area (Å²) in [6, 6.07) is 0. The van der Waals surface area contributed by atoms with Gasteiger partial charge < -0.3 is 10.3 Å². The van der Waals surface area contributed by atoms with E-state index in [9.17, 15) is 13.2 Å². The van der Waals surface area contributed by atoms with Crippen LogP contribution in [-0.2, 0) is 11.7 Å². The molecular weight excluding hydrogens is 271 g/mol. The molecule has 0 spiro atoms. The maximum atomic E-state index is 12.6. The SMILES string of the molecule is CC1CCC(C(C)C)C(N)(c2noc(C(F)(F)F)n2)C1. The van der Waals surface area contributed by atoms with Crippen molar-refractivity contribution in [2.24, 2.45) is 23.5 Å². The van der Waals surface area contributed by atoms with Gasteiger partial charge in [-0.15, -0.1) is 0 Å². The van der Waals surface area contributed by atoms with Gasteiger partial charge in [0.1, 0.15) is 0 Å². The molecule has 20 heavy (non-hydrogen) atoms. The molecule has 1 saturated carbocycles. The molecule has 0 radical (unpaired) electrons. The number of hydrogen-bond donors (Lipinski definition) is 1. The first-order valence-corrected chi connectivity index (χ1v) is 6.85. The van der Waals surface area contributed by atoms with Crippen molar-refractivity contribution < 1.29 is 17.7 Å². The summed E-state index contributed by atoms with van der Waals surface area (Å²) in [5, 5.41) is 3.51. The summed E-state index contributed by atoms with van der Waals surface area (Å²) >= 11 is 0. The molecule has 2 N–H and O–H groups in total. The first kappa shape index (κ1) is 15.3. The lowest BCUT2D eigenvalue weighted by Gasteiger charge is -2.43. The highest BCUT2D eigenvalue weighted by Crippen LogP contribution is 2.45. The van der Waals surface area contributed by atoms with Crippen molar-refractivity contribution in [1.29, 1.82) is 0 Å². The lowest BCUT2D eigenvalue weighted by Crippen LogP contribution is -2.51. The van der Waals surface area contributed by atoms with Gasteiger partial charge in [0.2, 0.25) is 0 Å². The molecule has 0 saturated heterocycles. The summed E-state index contributed by atoms with van der Waals surface area (Å²) in [5.41, 5.74) is 5.47. The first-order valence-electron chi connectivity index (χ1n) is 6.85. The molecule has 1 aliphatic carbocycles. The minimum absolute atomic E-state index is 0.0184. The Kier molecular flexibility index (Phi) is 3.83. The largest absolute Gasteiger partial charge is 0.471 e. The van der Waals surface area contributed by atoms with Crippen LogP contribution in [0.3, 0.4) is 0 Å². The van der Waals surface area contributed by atoms with Crippen molar-refractivity contribution in [2.75, 3.05) is 0 Å². The first-order chi connectivity index (χ1) is 9.14. The lowest BCUT2D eigenvalue weighted by molar-refractivity contribution is -0.159. The zero-order valence-electron chi connectivity index (χ0n) is 11.9. The highest BCUT2D eigenvalue weighted by molar-refractivity contribution is 5.10. The van der Waals surface area contributed by atoms with E-state index in [4.69, 9.17) is 5.73 Å². The molecule has 114 valence electrons. The molecule has 0 aliphatic heterocycles. The third-order valence-electron chi connectivity index (χ3n) is 4.21. The lowest BCUT2D eigenvalue weighted by atomic mass is 9.65. The van der Waals surface area contributed by atoms with Crippen LogP contribution in [0, 0.1) is 17.8 Å². The van der Waals surface area contributed by atoms with Gasteiger partial charge in [-0.25, -0.2) is 0 Å². The van der Waals surface area contributed by atoms with Crippen LogP contribution in [-0.4, -0.2) is 10.1 Å². The molecule has 3 atom stereocenters. The number of nitrogens with two attached hydrogens (primary N) is 1. The van der Waals surface area contributed by atoms with Crippen LogP contribution >= 0.6 is 0 Å². The van der Waals surface area contributed by atoms with Gasteiger partial charge in [-0.05, 0) is 30.6 Å². The summed E-state index contributed by atoms with van der Waals surface area (Å²) < 4.78 is 42.1. The zero-order valence-corrected chi connectivity index (χ0v) is 11.9. The molecule has 1 aromatic rings. The molecule has 7 heteroatoms. The second-order valence-corrected chi connectivity index (χ2v) is 6.20. The van der Waals surface area contributed by atoms with Crippen LogP contribution < -0.4 is 5.73 Å². The minimum atomic E-state index is -4.63. The second-order valence-electron chi connectivity index (χ2n) is 6.20. The van der Waals surface area contributed by atoms with E-state index in [1.165, 1.54) is 0 Å². The van der Waals surface area contributed by atoms with Gasteiger partial charge in [-0.2, -0.15) is 18.2 Å². The fourth-order valence-electron chi connectivity index (χ4n) is 3.26. The molecule has 0 amide bonds. The van der Waals surface area contributed by atoms with Crippen LogP contribution in [0.2, 0.25) is 0 Å². The Hall–Kier alpha value is -1.11. The summed E-state index contributed by atoms with van der Waals surface area (Å²) in [5.74, 6) is -0.700. The van der Waals surface area contributed by atoms with E-state index >= 15 is 0 Å². The van der Waals surface area contributed by atoms with Gasteiger partial charge in [0.05, 0.1) is 5.54 Å². The number of halogens is 3. The van der Waals surface area contributed by atoms with Crippen molar-refractivity contribution in [3.05, 3.63) is 11.7 Å². The van der Waals surface area contributed by atoms with Crippen LogP contribution in [0.25, 0.3) is 0 Å². The van der Waals surface area contributed by atoms with Gasteiger partial charge in [-0.3, -0.25) is 0 Å². The fraction of sp³-hybridized carbons (Fsp3) is 0.846. The van der Waals surface area contributed by atoms with Crippen molar-refractivity contribution in [3.8, 4) is 0 Å². The standard InChI is InChI=1S/C13H20F3N3O/c1-7(2)9-5-4-8(3)6-12(9,17)10-18-11(20-19-10)13(14,15)16/h7-9H,4-6,17H2,1-3H3. The van der Waals surface area contributed by atoms with Gasteiger partial charge in [0.15, 0.2) is 5.82 Å². The average Bonchev–Trinajstić information content (AvgIpc) is 2.77. The molecule has 1 heterocycles. The van der Waals surface area contributed by atoms with Gasteiger partial charge in [-0.1, -0.05) is 32.3 Å². The molecule has 3 unspecified atom stereocenters. The average molecular weight is 291 g/mol. The summed E-state index contributed by atoms with van der Waals surface area (Å²) in [6.45, 7) is 6.09. The van der Waals surface area contributed by atoms with Gasteiger partial charge in [0, 0.05) is 0 Å². The molecular formula is C13H20F3N3O. The van der Waals surface area contributed by atoms with E-state index in [1.807, 2.05) is 20.8 Å². The number of alkyl halides is 3. The third-order valence-corrected chi connectivity index (χ3v) is 4.21.